The number of fused-ring (bicyclic) bond motifs is 4. The molecule has 0 bridgehead atoms. The van der Waals surface area contributed by atoms with Gasteiger partial charge in [0.2, 0.25) is 11.6 Å². The standard InChI is InChI=1S/C34H42O13/c1-16-11-12-33(31(3,4)47-29(42)18-9-7-6-8-10-18)22(16)24(38)27(40)32(5)20(45-30-25(39)23(37)19(36)14-43-30)13-21-34(15-44-21,46-17(2)35)26(32)28(33)41/h6-10,19-21,23,25-26,28,30,36-37,39,41H,11-15H2,1-5H3/t19-,20+,21-,23+,25-,26+,28+,30+,32-,33+,34+/m1/s1. The normalized spacial score (nSPS) is 41.6. The maximum absolute atomic E-state index is 14.7. The Morgan fingerprint density at radius 1 is 1.02 bits per heavy atom. The van der Waals surface area contributed by atoms with Gasteiger partial charge in [0.05, 0.1) is 41.8 Å². The third-order valence-electron chi connectivity index (χ3n) is 11.4. The minimum atomic E-state index is -1.90. The van der Waals surface area contributed by atoms with Crippen LogP contribution < -0.4 is 0 Å². The number of hydrogen-bond acceptors (Lipinski definition) is 13. The van der Waals surface area contributed by atoms with Crippen LogP contribution in [0.2, 0.25) is 0 Å². The van der Waals surface area contributed by atoms with E-state index in [1.807, 2.05) is 0 Å². The largest absolute Gasteiger partial charge is 0.455 e. The van der Waals surface area contributed by atoms with Crippen molar-refractivity contribution in [3.05, 3.63) is 47.0 Å². The maximum atomic E-state index is 14.7. The lowest BCUT2D eigenvalue weighted by Gasteiger charge is -2.64. The van der Waals surface area contributed by atoms with Gasteiger partial charge in [-0.15, -0.1) is 0 Å². The zero-order valence-corrected chi connectivity index (χ0v) is 27.0. The minimum Gasteiger partial charge on any atom is -0.455 e. The third kappa shape index (κ3) is 4.77. The number of hydrogen-bond donors (Lipinski definition) is 4. The van der Waals surface area contributed by atoms with Gasteiger partial charge >= 0.3 is 11.9 Å². The second kappa shape index (κ2) is 11.5. The molecule has 6 rings (SSSR count). The monoisotopic (exact) mass is 658 g/mol. The van der Waals surface area contributed by atoms with Crippen molar-refractivity contribution in [1.82, 2.24) is 0 Å². The summed E-state index contributed by atoms with van der Waals surface area (Å²) in [7, 11) is 0. The Labute approximate surface area is 271 Å². The summed E-state index contributed by atoms with van der Waals surface area (Å²) < 4.78 is 29.7. The summed E-state index contributed by atoms with van der Waals surface area (Å²) in [6.45, 7) is 6.99. The van der Waals surface area contributed by atoms with Gasteiger partial charge in [-0.05, 0) is 52.7 Å². The predicted molar refractivity (Wildman–Crippen MR) is 159 cm³/mol. The first kappa shape index (κ1) is 33.8. The molecule has 0 radical (unpaired) electrons. The number of Topliss-reactive ketones (excluding diaryl/α,β-unsaturated/α-hetero) is 2. The summed E-state index contributed by atoms with van der Waals surface area (Å²) in [6.07, 6.45) is -9.66. The Morgan fingerprint density at radius 2 is 1.70 bits per heavy atom. The molecule has 2 saturated heterocycles. The van der Waals surface area contributed by atoms with Crippen LogP contribution >= 0.6 is 0 Å². The Hall–Kier alpha value is -3.04. The van der Waals surface area contributed by atoms with Gasteiger partial charge in [-0.2, -0.15) is 0 Å². The molecule has 2 aliphatic heterocycles. The van der Waals surface area contributed by atoms with E-state index in [4.69, 9.17) is 23.7 Å². The fourth-order valence-electron chi connectivity index (χ4n) is 8.90. The van der Waals surface area contributed by atoms with E-state index >= 15 is 0 Å². The molecule has 13 nitrogen and oxygen atoms in total. The van der Waals surface area contributed by atoms with Crippen molar-refractivity contribution in [3.8, 4) is 0 Å². The maximum Gasteiger partial charge on any atom is 0.338 e. The molecule has 4 fully saturated rings. The molecule has 0 amide bonds. The van der Waals surface area contributed by atoms with Gasteiger partial charge < -0.3 is 44.1 Å². The van der Waals surface area contributed by atoms with Crippen LogP contribution in [0.4, 0.5) is 0 Å². The van der Waals surface area contributed by atoms with Gasteiger partial charge in [0.1, 0.15) is 30.0 Å². The summed E-state index contributed by atoms with van der Waals surface area (Å²) >= 11 is 0. The van der Waals surface area contributed by atoms with Crippen molar-refractivity contribution >= 4 is 23.5 Å². The average Bonchev–Trinajstić information content (AvgIpc) is 3.36. The molecule has 0 unspecified atom stereocenters. The number of aliphatic hydroxyl groups is 4. The number of allylic oxidation sites excluding steroid dienone is 1. The number of benzene rings is 1. The lowest BCUT2D eigenvalue weighted by atomic mass is 9.50. The van der Waals surface area contributed by atoms with E-state index in [0.29, 0.717) is 12.0 Å². The fraction of sp³-hybridized carbons (Fsp3) is 0.647. The van der Waals surface area contributed by atoms with E-state index in [1.165, 1.54) is 13.8 Å². The second-order valence-electron chi connectivity index (χ2n) is 14.2. The number of carbonyl (C=O) groups is 4. The van der Waals surface area contributed by atoms with Crippen molar-refractivity contribution in [3.63, 3.8) is 0 Å². The van der Waals surface area contributed by atoms with Gasteiger partial charge in [0.25, 0.3) is 0 Å². The van der Waals surface area contributed by atoms with Crippen molar-refractivity contribution in [2.24, 2.45) is 16.7 Å². The molecule has 256 valence electrons. The summed E-state index contributed by atoms with van der Waals surface area (Å²) in [5.41, 5.74) is -5.85. The van der Waals surface area contributed by atoms with E-state index in [0.717, 1.165) is 0 Å². The van der Waals surface area contributed by atoms with Gasteiger partial charge in [0.15, 0.2) is 11.9 Å². The molecule has 1 aromatic rings. The molecule has 2 saturated carbocycles. The molecule has 3 aliphatic carbocycles. The van der Waals surface area contributed by atoms with Gasteiger partial charge in [0, 0.05) is 24.8 Å². The number of carbonyl (C=O) groups excluding carboxylic acids is 4. The zero-order valence-electron chi connectivity index (χ0n) is 27.0. The van der Waals surface area contributed by atoms with E-state index in [1.54, 1.807) is 51.1 Å². The Kier molecular flexibility index (Phi) is 8.31. The van der Waals surface area contributed by atoms with Crippen LogP contribution in [0.25, 0.3) is 0 Å². The number of ether oxygens (including phenoxy) is 5. The van der Waals surface area contributed by atoms with Crippen LogP contribution in [0.1, 0.15) is 64.2 Å². The highest BCUT2D eigenvalue weighted by Crippen LogP contribution is 2.66. The lowest BCUT2D eigenvalue weighted by Crippen LogP contribution is -2.78. The molecule has 1 aromatic carbocycles. The Bertz CT molecular complexity index is 1500. The molecular weight excluding hydrogens is 616 g/mol. The fourth-order valence-corrected chi connectivity index (χ4v) is 8.90. The Balaban J connectivity index is 1.51. The molecule has 0 aromatic heterocycles. The van der Waals surface area contributed by atoms with Crippen LogP contribution in [0.5, 0.6) is 0 Å². The number of rotatable bonds is 6. The van der Waals surface area contributed by atoms with Crippen molar-refractivity contribution < 1.29 is 63.3 Å². The second-order valence-corrected chi connectivity index (χ2v) is 14.2. The lowest BCUT2D eigenvalue weighted by molar-refractivity contribution is -0.359. The van der Waals surface area contributed by atoms with Gasteiger partial charge in [-0.1, -0.05) is 23.8 Å². The van der Waals surface area contributed by atoms with Crippen molar-refractivity contribution in [2.75, 3.05) is 13.2 Å². The first-order valence-electron chi connectivity index (χ1n) is 15.9. The number of aliphatic hydroxyl groups excluding tert-OH is 4. The van der Waals surface area contributed by atoms with Crippen LogP contribution in [-0.2, 0) is 38.1 Å². The quantitative estimate of drug-likeness (QED) is 0.248. The topological polar surface area (TPSA) is 195 Å². The summed E-state index contributed by atoms with van der Waals surface area (Å²) in [5.74, 6) is -4.53. The molecule has 13 heteroatoms. The average molecular weight is 659 g/mol. The molecule has 47 heavy (non-hydrogen) atoms. The minimum absolute atomic E-state index is 0.0394. The Morgan fingerprint density at radius 3 is 2.32 bits per heavy atom. The van der Waals surface area contributed by atoms with E-state index in [2.05, 4.69) is 0 Å². The highest BCUT2D eigenvalue weighted by Gasteiger charge is 2.78. The van der Waals surface area contributed by atoms with Crippen LogP contribution in [0.3, 0.4) is 0 Å². The van der Waals surface area contributed by atoms with Crippen LogP contribution in [0, 0.1) is 16.7 Å². The van der Waals surface area contributed by atoms with E-state index < -0.39 is 94.4 Å². The summed E-state index contributed by atoms with van der Waals surface area (Å²) in [5, 5.41) is 43.9. The first-order valence-corrected chi connectivity index (χ1v) is 15.9. The molecule has 11 atom stereocenters. The smallest absolute Gasteiger partial charge is 0.338 e. The molecule has 0 spiro atoms. The van der Waals surface area contributed by atoms with Gasteiger partial charge in [-0.25, -0.2) is 4.79 Å². The van der Waals surface area contributed by atoms with Crippen molar-refractivity contribution in [2.45, 2.75) is 108 Å². The van der Waals surface area contributed by atoms with E-state index in [-0.39, 0.29) is 37.2 Å². The van der Waals surface area contributed by atoms with Crippen LogP contribution in [-0.4, -0.2) is 111 Å². The highest BCUT2D eigenvalue weighted by molar-refractivity contribution is 6.46. The first-order chi connectivity index (χ1) is 22.0. The number of esters is 2. The predicted octanol–water partition coefficient (Wildman–Crippen LogP) is 0.783. The summed E-state index contributed by atoms with van der Waals surface area (Å²) in [6, 6.07) is 8.25. The molecular formula is C34H42O13. The molecule has 4 N–H and O–H groups in total. The third-order valence-corrected chi connectivity index (χ3v) is 11.4. The number of ketones is 2. The zero-order chi connectivity index (χ0) is 34.3. The van der Waals surface area contributed by atoms with E-state index in [9.17, 15) is 39.6 Å². The molecule has 5 aliphatic rings. The van der Waals surface area contributed by atoms with Crippen molar-refractivity contribution in [1.29, 1.82) is 0 Å². The van der Waals surface area contributed by atoms with Crippen LogP contribution in [0.15, 0.2) is 41.5 Å². The van der Waals surface area contributed by atoms with Gasteiger partial charge in [-0.3, -0.25) is 14.4 Å². The highest BCUT2D eigenvalue weighted by atomic mass is 16.7. The summed E-state index contributed by atoms with van der Waals surface area (Å²) in [4.78, 5) is 55.5. The molecule has 2 heterocycles. The SMILES string of the molecule is CC(=O)O[C@@]12CO[C@@H]1C[C@H](O[C@@H]1OC[C@@H](O)[C@H](O)[C@H]1O)[C@@]1(C)C(=O)C(=O)C3=C(C)CC[C@@]3(C(C)(C)OC(=O)c3ccccc3)[C@@H](O)[C@H]21.